The Labute approximate surface area is 60.0 Å². The van der Waals surface area contributed by atoms with Gasteiger partial charge in [0.25, 0.3) is 5.92 Å². The van der Waals surface area contributed by atoms with Crippen LogP contribution < -0.4 is 0 Å². The van der Waals surface area contributed by atoms with Crippen LogP contribution in [0.1, 0.15) is 20.8 Å². The molecule has 0 amide bonds. The summed E-state index contributed by atoms with van der Waals surface area (Å²) in [4.78, 5) is 1.79. The molecule has 0 radical (unpaired) electrons. The van der Waals surface area contributed by atoms with E-state index in [9.17, 15) is 8.78 Å². The molecule has 1 aliphatic heterocycles. The fourth-order valence-corrected chi connectivity index (χ4v) is 1.27. The van der Waals surface area contributed by atoms with Crippen molar-refractivity contribution in [2.75, 3.05) is 6.54 Å². The van der Waals surface area contributed by atoms with Gasteiger partial charge in [-0.15, -0.1) is 0 Å². The first kappa shape index (κ1) is 7.92. The fraction of sp³-hybridized carbons (Fsp3) is 1.00. The summed E-state index contributed by atoms with van der Waals surface area (Å²) in [6.07, 6.45) is 0. The number of nitrogens with zero attached hydrogens (tertiary/aromatic N) is 1. The zero-order chi connectivity index (χ0) is 7.94. The van der Waals surface area contributed by atoms with Crippen LogP contribution in [0.25, 0.3) is 0 Å². The summed E-state index contributed by atoms with van der Waals surface area (Å²) in [6, 6.07) is -0.317. The highest BCUT2D eigenvalue weighted by molar-refractivity contribution is 4.97. The van der Waals surface area contributed by atoms with Gasteiger partial charge in [-0.1, -0.05) is 0 Å². The van der Waals surface area contributed by atoms with Gasteiger partial charge in [-0.2, -0.15) is 0 Å². The summed E-state index contributed by atoms with van der Waals surface area (Å²) in [5.41, 5.74) is 0. The van der Waals surface area contributed by atoms with Crippen LogP contribution in [0.3, 0.4) is 0 Å². The summed E-state index contributed by atoms with van der Waals surface area (Å²) >= 11 is 0. The van der Waals surface area contributed by atoms with E-state index in [0.717, 1.165) is 0 Å². The molecule has 10 heavy (non-hydrogen) atoms. The SMILES string of the molecule is CC(C)N1CC(F)(F)[C@H]1C. The van der Waals surface area contributed by atoms with Crippen molar-refractivity contribution in [1.82, 2.24) is 4.90 Å². The van der Waals surface area contributed by atoms with Crippen LogP contribution in [0.15, 0.2) is 0 Å². The fourth-order valence-electron chi connectivity index (χ4n) is 1.27. The molecule has 1 heterocycles. The largest absolute Gasteiger partial charge is 0.286 e. The van der Waals surface area contributed by atoms with E-state index >= 15 is 0 Å². The van der Waals surface area contributed by atoms with E-state index < -0.39 is 12.0 Å². The van der Waals surface area contributed by atoms with E-state index in [1.165, 1.54) is 0 Å². The highest BCUT2D eigenvalue weighted by atomic mass is 19.3. The third-order valence-electron chi connectivity index (χ3n) is 2.17. The molecule has 3 heteroatoms. The molecule has 1 atom stereocenters. The molecule has 0 unspecified atom stereocenters. The molecule has 1 saturated heterocycles. The highest BCUT2D eigenvalue weighted by Gasteiger charge is 2.52. The van der Waals surface area contributed by atoms with Crippen LogP contribution in [0.4, 0.5) is 8.78 Å². The van der Waals surface area contributed by atoms with Crippen LogP contribution in [0.2, 0.25) is 0 Å². The average Bonchev–Trinajstić information content (AvgIpc) is 1.82. The number of halogens is 2. The van der Waals surface area contributed by atoms with Crippen LogP contribution in [-0.2, 0) is 0 Å². The van der Waals surface area contributed by atoms with Gasteiger partial charge in [0.15, 0.2) is 0 Å². The van der Waals surface area contributed by atoms with Gasteiger partial charge in [0.05, 0.1) is 12.6 Å². The van der Waals surface area contributed by atoms with Crippen LogP contribution in [0, 0.1) is 0 Å². The summed E-state index contributed by atoms with van der Waals surface area (Å²) in [6.45, 7) is 5.38. The lowest BCUT2D eigenvalue weighted by Gasteiger charge is -2.48. The molecule has 0 N–H and O–H groups in total. The number of hydrogen-bond acceptors (Lipinski definition) is 1. The van der Waals surface area contributed by atoms with Gasteiger partial charge < -0.3 is 0 Å². The molecule has 0 aromatic rings. The predicted octanol–water partition coefficient (Wildman–Crippen LogP) is 1.73. The van der Waals surface area contributed by atoms with Crippen molar-refractivity contribution >= 4 is 0 Å². The summed E-state index contributed by atoms with van der Waals surface area (Å²) in [7, 11) is 0. The molecule has 1 nitrogen and oxygen atoms in total. The monoisotopic (exact) mass is 149 g/mol. The van der Waals surface area contributed by atoms with Crippen molar-refractivity contribution in [3.63, 3.8) is 0 Å². The zero-order valence-electron chi connectivity index (χ0n) is 6.56. The topological polar surface area (TPSA) is 3.24 Å². The molecular formula is C7H13F2N. The molecule has 0 saturated carbocycles. The molecule has 0 aromatic heterocycles. The smallest absolute Gasteiger partial charge is 0.275 e. The molecule has 0 spiro atoms. The first-order valence-electron chi connectivity index (χ1n) is 3.58. The summed E-state index contributed by atoms with van der Waals surface area (Å²) < 4.78 is 25.0. The number of hydrogen-bond donors (Lipinski definition) is 0. The zero-order valence-corrected chi connectivity index (χ0v) is 6.56. The maximum Gasteiger partial charge on any atom is 0.275 e. The van der Waals surface area contributed by atoms with Crippen molar-refractivity contribution in [3.8, 4) is 0 Å². The minimum absolute atomic E-state index is 0.0637. The molecule has 1 rings (SSSR count). The van der Waals surface area contributed by atoms with Gasteiger partial charge in [-0.25, -0.2) is 8.78 Å². The van der Waals surface area contributed by atoms with Crippen LogP contribution >= 0.6 is 0 Å². The Balaban J connectivity index is 2.47. The Morgan fingerprint density at radius 2 is 2.00 bits per heavy atom. The molecular weight excluding hydrogens is 136 g/mol. The van der Waals surface area contributed by atoms with Crippen molar-refractivity contribution < 1.29 is 8.78 Å². The van der Waals surface area contributed by atoms with E-state index in [0.29, 0.717) is 0 Å². The predicted molar refractivity (Wildman–Crippen MR) is 36.3 cm³/mol. The molecule has 0 aromatic carbocycles. The maximum absolute atomic E-state index is 12.5. The van der Waals surface area contributed by atoms with E-state index in [1.54, 1.807) is 11.8 Å². The third kappa shape index (κ3) is 1.03. The minimum atomic E-state index is -2.44. The lowest BCUT2D eigenvalue weighted by molar-refractivity contribution is -0.186. The van der Waals surface area contributed by atoms with Gasteiger partial charge >= 0.3 is 0 Å². The molecule has 1 aliphatic rings. The second-order valence-corrected chi connectivity index (χ2v) is 3.20. The number of rotatable bonds is 1. The van der Waals surface area contributed by atoms with E-state index in [1.807, 2.05) is 13.8 Å². The first-order chi connectivity index (χ1) is 4.45. The Bertz CT molecular complexity index is 134. The quantitative estimate of drug-likeness (QED) is 0.549. The van der Waals surface area contributed by atoms with Crippen molar-refractivity contribution in [2.45, 2.75) is 38.8 Å². The van der Waals surface area contributed by atoms with Crippen molar-refractivity contribution in [1.29, 1.82) is 0 Å². The molecule has 0 bridgehead atoms. The molecule has 0 aliphatic carbocycles. The second kappa shape index (κ2) is 2.16. The molecule has 60 valence electrons. The Hall–Kier alpha value is -0.180. The van der Waals surface area contributed by atoms with Crippen LogP contribution in [-0.4, -0.2) is 29.5 Å². The Morgan fingerprint density at radius 1 is 1.50 bits per heavy atom. The lowest BCUT2D eigenvalue weighted by atomic mass is 9.98. The molecule has 1 fully saturated rings. The Kier molecular flexibility index (Phi) is 1.71. The van der Waals surface area contributed by atoms with Crippen LogP contribution in [0.5, 0.6) is 0 Å². The van der Waals surface area contributed by atoms with E-state index in [2.05, 4.69) is 0 Å². The lowest BCUT2D eigenvalue weighted by Crippen LogP contribution is -2.65. The van der Waals surface area contributed by atoms with Gasteiger partial charge in [0.2, 0.25) is 0 Å². The van der Waals surface area contributed by atoms with Gasteiger partial charge in [-0.3, -0.25) is 4.90 Å². The normalized spacial score (nSPS) is 32.4. The minimum Gasteiger partial charge on any atom is -0.286 e. The Morgan fingerprint density at radius 3 is 2.10 bits per heavy atom. The van der Waals surface area contributed by atoms with Crippen molar-refractivity contribution in [3.05, 3.63) is 0 Å². The third-order valence-corrected chi connectivity index (χ3v) is 2.17. The number of likely N-dealkylation sites (tertiary alicyclic amines) is 1. The summed E-state index contributed by atoms with van der Waals surface area (Å²) in [5.74, 6) is -2.44. The maximum atomic E-state index is 12.5. The highest BCUT2D eigenvalue weighted by Crippen LogP contribution is 2.35. The van der Waals surface area contributed by atoms with Crippen molar-refractivity contribution in [2.24, 2.45) is 0 Å². The second-order valence-electron chi connectivity index (χ2n) is 3.20. The average molecular weight is 149 g/mol. The van der Waals surface area contributed by atoms with Gasteiger partial charge in [0, 0.05) is 6.04 Å². The van der Waals surface area contributed by atoms with E-state index in [4.69, 9.17) is 0 Å². The standard InChI is InChI=1S/C7H13F2N/c1-5(2)10-4-7(8,9)6(10)3/h5-6H,4H2,1-3H3/t6-/m1/s1. The summed E-state index contributed by atoms with van der Waals surface area (Å²) in [5, 5.41) is 0. The van der Waals surface area contributed by atoms with Gasteiger partial charge in [-0.05, 0) is 20.8 Å². The first-order valence-corrected chi connectivity index (χ1v) is 3.58. The van der Waals surface area contributed by atoms with E-state index in [-0.39, 0.29) is 12.6 Å². The van der Waals surface area contributed by atoms with Gasteiger partial charge in [0.1, 0.15) is 0 Å². The number of alkyl halides is 2.